The van der Waals surface area contributed by atoms with Gasteiger partial charge in [-0.2, -0.15) is 5.26 Å². The van der Waals surface area contributed by atoms with Crippen LogP contribution in [-0.4, -0.2) is 36.1 Å². The highest BCUT2D eigenvalue weighted by molar-refractivity contribution is 5.04. The minimum Gasteiger partial charge on any atom is -0.391 e. The molecule has 0 saturated carbocycles. The molecule has 0 radical (unpaired) electrons. The fraction of sp³-hybridized carbons (Fsp3) is 0.909. The molecular formula is C11H19NO3. The number of nitrogens with zero attached hydrogens (tertiary/aromatic N) is 1. The fourth-order valence-corrected chi connectivity index (χ4v) is 1.67. The van der Waals surface area contributed by atoms with E-state index in [4.69, 9.17) is 14.7 Å². The van der Waals surface area contributed by atoms with Gasteiger partial charge in [0.15, 0.2) is 5.60 Å². The lowest BCUT2D eigenvalue weighted by Crippen LogP contribution is -2.42. The van der Waals surface area contributed by atoms with E-state index in [9.17, 15) is 5.11 Å². The maximum absolute atomic E-state index is 9.36. The van der Waals surface area contributed by atoms with Crippen LogP contribution in [0, 0.1) is 17.2 Å². The molecule has 15 heavy (non-hydrogen) atoms. The van der Waals surface area contributed by atoms with Crippen molar-refractivity contribution in [2.75, 3.05) is 13.2 Å². The average molecular weight is 213 g/mol. The van der Waals surface area contributed by atoms with Crippen molar-refractivity contribution in [1.29, 1.82) is 5.26 Å². The smallest absolute Gasteiger partial charge is 0.157 e. The Bertz CT molecular complexity index is 243. The predicted octanol–water partition coefficient (Wildman–Crippen LogP) is 1.09. The van der Waals surface area contributed by atoms with E-state index in [1.54, 1.807) is 20.8 Å². The Balaban J connectivity index is 2.64. The Labute approximate surface area is 90.8 Å². The van der Waals surface area contributed by atoms with Crippen LogP contribution in [0.2, 0.25) is 0 Å². The average Bonchev–Trinajstić information content (AvgIpc) is 2.70. The van der Waals surface area contributed by atoms with Crippen LogP contribution in [0.15, 0.2) is 0 Å². The second kappa shape index (κ2) is 4.93. The van der Waals surface area contributed by atoms with E-state index >= 15 is 0 Å². The second-order valence-electron chi connectivity index (χ2n) is 4.34. The van der Waals surface area contributed by atoms with Gasteiger partial charge in [-0.1, -0.05) is 0 Å². The Kier molecular flexibility index (Phi) is 4.09. The summed E-state index contributed by atoms with van der Waals surface area (Å²) in [4.78, 5) is 0. The van der Waals surface area contributed by atoms with Crippen LogP contribution in [0.25, 0.3) is 0 Å². The van der Waals surface area contributed by atoms with Crippen molar-refractivity contribution in [1.82, 2.24) is 0 Å². The van der Waals surface area contributed by atoms with E-state index in [-0.39, 0.29) is 12.0 Å². The highest BCUT2D eigenvalue weighted by atomic mass is 16.5. The first-order valence-electron chi connectivity index (χ1n) is 5.34. The molecule has 0 amide bonds. The van der Waals surface area contributed by atoms with E-state index in [0.29, 0.717) is 13.2 Å². The number of ether oxygens (including phenoxy) is 2. The molecule has 0 aromatic rings. The molecule has 1 N–H and O–H groups in total. The lowest BCUT2D eigenvalue weighted by atomic mass is 9.89. The number of nitriles is 1. The predicted molar refractivity (Wildman–Crippen MR) is 55.2 cm³/mol. The van der Waals surface area contributed by atoms with E-state index in [2.05, 4.69) is 6.07 Å². The van der Waals surface area contributed by atoms with Gasteiger partial charge in [0.05, 0.1) is 24.9 Å². The molecule has 4 atom stereocenters. The Morgan fingerprint density at radius 3 is 2.67 bits per heavy atom. The molecule has 1 aliphatic rings. The number of hydrogen-bond donors (Lipinski definition) is 1. The van der Waals surface area contributed by atoms with E-state index < -0.39 is 11.7 Å². The van der Waals surface area contributed by atoms with Gasteiger partial charge >= 0.3 is 0 Å². The van der Waals surface area contributed by atoms with E-state index in [1.807, 2.05) is 0 Å². The zero-order valence-electron chi connectivity index (χ0n) is 9.56. The number of rotatable bonds is 4. The number of aliphatic hydroxyl groups is 1. The normalized spacial score (nSPS) is 29.1. The van der Waals surface area contributed by atoms with Gasteiger partial charge in [-0.15, -0.1) is 0 Å². The number of aliphatic hydroxyl groups excluding tert-OH is 1. The summed E-state index contributed by atoms with van der Waals surface area (Å²) in [5.41, 5.74) is -0.854. The lowest BCUT2D eigenvalue weighted by Gasteiger charge is -2.32. The Morgan fingerprint density at radius 1 is 1.60 bits per heavy atom. The highest BCUT2D eigenvalue weighted by Crippen LogP contribution is 2.30. The highest BCUT2D eigenvalue weighted by Gasteiger charge is 2.39. The summed E-state index contributed by atoms with van der Waals surface area (Å²) in [6.45, 7) is 6.46. The molecule has 1 heterocycles. The van der Waals surface area contributed by atoms with Gasteiger partial charge in [0.1, 0.15) is 0 Å². The monoisotopic (exact) mass is 213 g/mol. The zero-order chi connectivity index (χ0) is 11.5. The molecule has 0 aliphatic carbocycles. The van der Waals surface area contributed by atoms with Crippen LogP contribution in [-0.2, 0) is 9.47 Å². The van der Waals surface area contributed by atoms with Crippen molar-refractivity contribution in [2.45, 2.75) is 45.0 Å². The van der Waals surface area contributed by atoms with E-state index in [1.165, 1.54) is 0 Å². The van der Waals surface area contributed by atoms with E-state index in [0.717, 1.165) is 6.42 Å². The number of hydrogen-bond acceptors (Lipinski definition) is 4. The maximum atomic E-state index is 9.36. The van der Waals surface area contributed by atoms with Gasteiger partial charge in [0.2, 0.25) is 0 Å². The zero-order valence-corrected chi connectivity index (χ0v) is 9.56. The SMILES string of the molecule is CC(O)C(C)OC(C)(C#N)C1CCOC1. The molecule has 0 aromatic carbocycles. The molecule has 1 saturated heterocycles. The summed E-state index contributed by atoms with van der Waals surface area (Å²) in [6.07, 6.45) is -0.0633. The summed E-state index contributed by atoms with van der Waals surface area (Å²) in [5, 5.41) is 18.5. The van der Waals surface area contributed by atoms with Gasteiger partial charge in [-0.25, -0.2) is 0 Å². The van der Waals surface area contributed by atoms with Gasteiger partial charge in [-0.05, 0) is 27.2 Å². The van der Waals surface area contributed by atoms with Crippen molar-refractivity contribution < 1.29 is 14.6 Å². The maximum Gasteiger partial charge on any atom is 0.157 e. The van der Waals surface area contributed by atoms with Gasteiger partial charge in [0, 0.05) is 12.5 Å². The van der Waals surface area contributed by atoms with Gasteiger partial charge in [-0.3, -0.25) is 0 Å². The molecule has 0 spiro atoms. The van der Waals surface area contributed by atoms with Crippen LogP contribution in [0.5, 0.6) is 0 Å². The molecule has 4 unspecified atom stereocenters. The van der Waals surface area contributed by atoms with Gasteiger partial charge in [0.25, 0.3) is 0 Å². The van der Waals surface area contributed by atoms with Crippen LogP contribution in [0.3, 0.4) is 0 Å². The first-order valence-corrected chi connectivity index (χ1v) is 5.34. The van der Waals surface area contributed by atoms with Crippen molar-refractivity contribution in [3.05, 3.63) is 0 Å². The fourth-order valence-electron chi connectivity index (χ4n) is 1.67. The summed E-state index contributed by atoms with van der Waals surface area (Å²) in [5.74, 6) is 0.101. The third-order valence-electron chi connectivity index (χ3n) is 3.04. The van der Waals surface area contributed by atoms with Crippen molar-refractivity contribution in [3.63, 3.8) is 0 Å². The summed E-state index contributed by atoms with van der Waals surface area (Å²) < 4.78 is 10.9. The van der Waals surface area contributed by atoms with Crippen LogP contribution in [0.4, 0.5) is 0 Å². The largest absolute Gasteiger partial charge is 0.391 e. The molecule has 1 aliphatic heterocycles. The standard InChI is InChI=1S/C11H19NO3/c1-8(13)9(2)15-11(3,7-12)10-4-5-14-6-10/h8-10,13H,4-6H2,1-3H3. The molecule has 4 heteroatoms. The molecule has 0 bridgehead atoms. The van der Waals surface area contributed by atoms with Crippen LogP contribution >= 0.6 is 0 Å². The van der Waals surface area contributed by atoms with Crippen LogP contribution in [0.1, 0.15) is 27.2 Å². The molecule has 86 valence electrons. The minimum atomic E-state index is -0.854. The van der Waals surface area contributed by atoms with Crippen molar-refractivity contribution in [2.24, 2.45) is 5.92 Å². The second-order valence-corrected chi connectivity index (χ2v) is 4.34. The van der Waals surface area contributed by atoms with Crippen molar-refractivity contribution in [3.8, 4) is 6.07 Å². The third kappa shape index (κ3) is 2.91. The van der Waals surface area contributed by atoms with Crippen LogP contribution < -0.4 is 0 Å². The summed E-state index contributed by atoms with van der Waals surface area (Å²) in [6, 6.07) is 2.19. The molecular weight excluding hydrogens is 194 g/mol. The first kappa shape index (κ1) is 12.4. The topological polar surface area (TPSA) is 62.5 Å². The Hall–Kier alpha value is -0.630. The van der Waals surface area contributed by atoms with Crippen molar-refractivity contribution >= 4 is 0 Å². The molecule has 0 aromatic heterocycles. The molecule has 1 fully saturated rings. The Morgan fingerprint density at radius 2 is 2.27 bits per heavy atom. The molecule has 4 nitrogen and oxygen atoms in total. The third-order valence-corrected chi connectivity index (χ3v) is 3.04. The molecule has 1 rings (SSSR count). The first-order chi connectivity index (χ1) is 6.99. The summed E-state index contributed by atoms with van der Waals surface area (Å²) in [7, 11) is 0. The summed E-state index contributed by atoms with van der Waals surface area (Å²) >= 11 is 0. The van der Waals surface area contributed by atoms with Gasteiger partial charge < -0.3 is 14.6 Å². The quantitative estimate of drug-likeness (QED) is 0.759. The lowest BCUT2D eigenvalue weighted by molar-refractivity contribution is -0.112. The minimum absolute atomic E-state index is 0.101.